The van der Waals surface area contributed by atoms with E-state index in [2.05, 4.69) is 14.7 Å². The predicted octanol–water partition coefficient (Wildman–Crippen LogP) is 3.14. The highest BCUT2D eigenvalue weighted by atomic mass is 32.1. The molecule has 0 radical (unpaired) electrons. The predicted molar refractivity (Wildman–Crippen MR) is 71.2 cm³/mol. The highest BCUT2D eigenvalue weighted by Gasteiger charge is 2.44. The van der Waals surface area contributed by atoms with Crippen LogP contribution in [0, 0.1) is 5.41 Å². The number of thiazole rings is 2. The van der Waals surface area contributed by atoms with Crippen LogP contribution in [0.5, 0.6) is 5.75 Å². The Morgan fingerprint density at radius 2 is 2.10 bits per heavy atom. The minimum absolute atomic E-state index is 0.0168. The Morgan fingerprint density at radius 1 is 1.38 bits per heavy atom. The van der Waals surface area contributed by atoms with E-state index in [0.717, 1.165) is 28.7 Å². The maximum absolute atomic E-state index is 13.1. The van der Waals surface area contributed by atoms with E-state index in [1.165, 1.54) is 0 Å². The van der Waals surface area contributed by atoms with Crippen molar-refractivity contribution < 1.29 is 22.3 Å². The van der Waals surface area contributed by atoms with Crippen molar-refractivity contribution in [2.75, 3.05) is 5.73 Å². The number of nitrogens with one attached hydrogen (secondary N) is 2. The molecule has 0 amide bonds. The molecule has 0 saturated carbocycles. The number of ether oxygens (including phenoxy) is 1. The number of anilines is 1. The van der Waals surface area contributed by atoms with Crippen LogP contribution in [0.2, 0.25) is 0 Å². The molecule has 0 bridgehead atoms. The van der Waals surface area contributed by atoms with Gasteiger partial charge in [0, 0.05) is 6.07 Å². The minimum atomic E-state index is -4.63. The van der Waals surface area contributed by atoms with E-state index in [0.29, 0.717) is 14.9 Å². The number of nitrogen functional groups attached to an aromatic ring is 1. The Labute approximate surface area is 121 Å². The van der Waals surface area contributed by atoms with Gasteiger partial charge in [0.2, 0.25) is 0 Å². The molecule has 0 aliphatic rings. The number of H-pyrrole nitrogens is 1. The van der Waals surface area contributed by atoms with Gasteiger partial charge in [0.25, 0.3) is 0 Å². The third-order valence-corrected chi connectivity index (χ3v) is 4.30. The topological polar surface area (TPSA) is 87.8 Å². The van der Waals surface area contributed by atoms with E-state index in [4.69, 9.17) is 11.1 Å². The summed E-state index contributed by atoms with van der Waals surface area (Å²) in [4.78, 5) is 6.49. The highest BCUT2D eigenvalue weighted by Crippen LogP contribution is 2.39. The summed E-state index contributed by atoms with van der Waals surface area (Å²) in [5, 5.41) is 7.73. The largest absolute Gasteiger partial charge is 0.461 e. The number of halogens is 4. The van der Waals surface area contributed by atoms with Crippen LogP contribution in [0.4, 0.5) is 22.7 Å². The van der Waals surface area contributed by atoms with Crippen LogP contribution in [-0.2, 0) is 0 Å². The second-order valence-electron chi connectivity index (χ2n) is 4.00. The lowest BCUT2D eigenvalue weighted by Crippen LogP contribution is -2.33. The average molecular weight is 338 g/mol. The van der Waals surface area contributed by atoms with Crippen molar-refractivity contribution in [2.24, 2.45) is 0 Å². The van der Waals surface area contributed by atoms with Gasteiger partial charge < -0.3 is 15.5 Å². The van der Waals surface area contributed by atoms with Crippen LogP contribution in [0.25, 0.3) is 20.4 Å². The standard InChI is InChI=1S/C10H6F4N4OS2/c11-7(12)10(13,14)19-2-1-3-5(18-8(15)20-3)6-4(2)17-9(16)21-6/h1,7H,(H2,15,18)(H2,16,17). The molecule has 21 heavy (non-hydrogen) atoms. The molecule has 1 aromatic carbocycles. The molecule has 0 saturated heterocycles. The molecule has 2 aromatic heterocycles. The van der Waals surface area contributed by atoms with Gasteiger partial charge in [0.05, 0.1) is 9.40 Å². The van der Waals surface area contributed by atoms with Crippen molar-refractivity contribution in [1.82, 2.24) is 9.97 Å². The minimum Gasteiger partial charge on any atom is -0.426 e. The molecule has 0 unspecified atom stereocenters. The quantitative estimate of drug-likeness (QED) is 0.641. The zero-order chi connectivity index (χ0) is 15.4. The van der Waals surface area contributed by atoms with Crippen molar-refractivity contribution in [3.8, 4) is 5.75 Å². The summed E-state index contributed by atoms with van der Waals surface area (Å²) in [5.74, 6) is -0.471. The fourth-order valence-electron chi connectivity index (χ4n) is 1.76. The maximum Gasteiger partial charge on any atom is 0.461 e. The summed E-state index contributed by atoms with van der Waals surface area (Å²) >= 11 is 1.94. The molecule has 11 heteroatoms. The SMILES string of the molecule is N=c1[nH]c2c(OC(F)(F)C(F)F)cc3sc(N)nc3c2s1. The number of benzene rings is 1. The number of hydrogen-bond donors (Lipinski definition) is 3. The normalized spacial score (nSPS) is 12.6. The monoisotopic (exact) mass is 338 g/mol. The summed E-state index contributed by atoms with van der Waals surface area (Å²) in [6.07, 6.45) is -8.60. The van der Waals surface area contributed by atoms with E-state index in [-0.39, 0.29) is 15.4 Å². The fraction of sp³-hybridized carbons (Fsp3) is 0.200. The molecule has 112 valence electrons. The van der Waals surface area contributed by atoms with Crippen molar-refractivity contribution in [3.63, 3.8) is 0 Å². The van der Waals surface area contributed by atoms with Crippen LogP contribution in [-0.4, -0.2) is 22.5 Å². The number of hydrogen-bond acceptors (Lipinski definition) is 6. The van der Waals surface area contributed by atoms with Crippen LogP contribution >= 0.6 is 22.7 Å². The number of nitrogens with two attached hydrogens (primary N) is 1. The Balaban J connectivity index is 2.27. The highest BCUT2D eigenvalue weighted by molar-refractivity contribution is 7.23. The lowest BCUT2D eigenvalue weighted by atomic mass is 10.3. The molecule has 2 heterocycles. The molecule has 0 aliphatic heterocycles. The van der Waals surface area contributed by atoms with Crippen LogP contribution in [0.3, 0.4) is 0 Å². The Kier molecular flexibility index (Phi) is 3.06. The van der Waals surface area contributed by atoms with Gasteiger partial charge in [-0.15, -0.1) is 0 Å². The molecule has 0 atom stereocenters. The summed E-state index contributed by atoms with van der Waals surface area (Å²) < 4.78 is 55.7. The van der Waals surface area contributed by atoms with Crippen LogP contribution in [0.1, 0.15) is 0 Å². The first-order valence-corrected chi connectivity index (χ1v) is 7.02. The van der Waals surface area contributed by atoms with Gasteiger partial charge >= 0.3 is 12.5 Å². The van der Waals surface area contributed by atoms with Gasteiger partial charge in [-0.25, -0.2) is 4.98 Å². The maximum atomic E-state index is 13.1. The first kappa shape index (κ1) is 14.1. The number of fused-ring (bicyclic) bond motifs is 3. The molecule has 3 rings (SSSR count). The van der Waals surface area contributed by atoms with E-state index in [1.54, 1.807) is 0 Å². The molecule has 3 aromatic rings. The van der Waals surface area contributed by atoms with Crippen molar-refractivity contribution >= 4 is 48.2 Å². The lowest BCUT2D eigenvalue weighted by molar-refractivity contribution is -0.252. The molecule has 4 N–H and O–H groups in total. The Morgan fingerprint density at radius 3 is 2.76 bits per heavy atom. The van der Waals surface area contributed by atoms with Crippen molar-refractivity contribution in [2.45, 2.75) is 12.5 Å². The van der Waals surface area contributed by atoms with E-state index in [1.807, 2.05) is 0 Å². The number of nitrogens with zero attached hydrogens (tertiary/aromatic N) is 1. The average Bonchev–Trinajstić information content (AvgIpc) is 2.90. The smallest absolute Gasteiger partial charge is 0.426 e. The molecular formula is C10H6F4N4OS2. The van der Waals surface area contributed by atoms with Gasteiger partial charge in [0.15, 0.2) is 15.7 Å². The first-order valence-electron chi connectivity index (χ1n) is 5.39. The van der Waals surface area contributed by atoms with Gasteiger partial charge in [-0.1, -0.05) is 22.7 Å². The third kappa shape index (κ3) is 2.31. The first-order chi connectivity index (χ1) is 9.78. The number of alkyl halides is 4. The van der Waals surface area contributed by atoms with E-state index >= 15 is 0 Å². The van der Waals surface area contributed by atoms with Crippen molar-refractivity contribution in [1.29, 1.82) is 5.41 Å². The summed E-state index contributed by atoms with van der Waals surface area (Å²) in [5.41, 5.74) is 5.99. The van der Waals surface area contributed by atoms with E-state index in [9.17, 15) is 17.6 Å². The molecule has 0 spiro atoms. The Bertz CT molecular complexity index is 884. The molecular weight excluding hydrogens is 332 g/mol. The zero-order valence-electron chi connectivity index (χ0n) is 9.92. The second kappa shape index (κ2) is 4.56. The van der Waals surface area contributed by atoms with Gasteiger partial charge in [-0.05, 0) is 0 Å². The van der Waals surface area contributed by atoms with Gasteiger partial charge in [0.1, 0.15) is 11.0 Å². The van der Waals surface area contributed by atoms with Gasteiger partial charge in [-0.3, -0.25) is 5.41 Å². The second-order valence-corrected chi connectivity index (χ2v) is 6.08. The summed E-state index contributed by atoms with van der Waals surface area (Å²) in [6, 6.07) is 1.16. The summed E-state index contributed by atoms with van der Waals surface area (Å²) in [7, 11) is 0. The number of rotatable bonds is 3. The third-order valence-electron chi connectivity index (χ3n) is 2.56. The lowest BCUT2D eigenvalue weighted by Gasteiger charge is -2.17. The summed E-state index contributed by atoms with van der Waals surface area (Å²) in [6.45, 7) is 0. The van der Waals surface area contributed by atoms with Crippen molar-refractivity contribution in [3.05, 3.63) is 10.9 Å². The molecule has 5 nitrogen and oxygen atoms in total. The Hall–Kier alpha value is -1.88. The van der Waals surface area contributed by atoms with E-state index < -0.39 is 18.3 Å². The van der Waals surface area contributed by atoms with Crippen LogP contribution < -0.4 is 15.3 Å². The van der Waals surface area contributed by atoms with Crippen LogP contribution in [0.15, 0.2) is 6.07 Å². The fourth-order valence-corrected chi connectivity index (χ4v) is 3.46. The molecule has 0 fully saturated rings. The number of aromatic nitrogens is 2. The van der Waals surface area contributed by atoms with Gasteiger partial charge in [-0.2, -0.15) is 17.6 Å². The number of aromatic amines is 1. The zero-order valence-corrected chi connectivity index (χ0v) is 11.5. The molecule has 0 aliphatic carbocycles.